The van der Waals surface area contributed by atoms with Crippen LogP contribution in [0.4, 0.5) is 0 Å². The van der Waals surface area contributed by atoms with Gasteiger partial charge in [0.2, 0.25) is 5.91 Å². The van der Waals surface area contributed by atoms with Crippen molar-refractivity contribution in [2.45, 2.75) is 19.9 Å². The average Bonchev–Trinajstić information content (AvgIpc) is 3.22. The number of nitrogens with one attached hydrogen (secondary N) is 2. The number of hydrogen-bond acceptors (Lipinski definition) is 6. The molecule has 1 aliphatic heterocycles. The van der Waals surface area contributed by atoms with E-state index in [-0.39, 0.29) is 11.8 Å². The zero-order chi connectivity index (χ0) is 20.7. The first-order valence-electron chi connectivity index (χ1n) is 9.21. The fourth-order valence-electron chi connectivity index (χ4n) is 3.40. The number of amides is 2. The van der Waals surface area contributed by atoms with Crippen LogP contribution in [0.1, 0.15) is 23.0 Å². The quantitative estimate of drug-likeness (QED) is 0.674. The van der Waals surface area contributed by atoms with Gasteiger partial charge in [-0.2, -0.15) is 10.4 Å². The summed E-state index contributed by atoms with van der Waals surface area (Å²) < 4.78 is 1.70. The molecule has 1 fully saturated rings. The first kappa shape index (κ1) is 18.6. The fourth-order valence-corrected chi connectivity index (χ4v) is 3.40. The Morgan fingerprint density at radius 3 is 2.83 bits per heavy atom. The summed E-state index contributed by atoms with van der Waals surface area (Å²) in [4.78, 5) is 38.6. The van der Waals surface area contributed by atoms with E-state index in [4.69, 9.17) is 5.26 Å². The van der Waals surface area contributed by atoms with E-state index in [1.54, 1.807) is 22.7 Å². The van der Waals surface area contributed by atoms with Crippen LogP contribution < -0.4 is 5.32 Å². The molecule has 3 aromatic heterocycles. The number of aromatic nitrogens is 5. The lowest BCUT2D eigenvalue weighted by atomic mass is 10.0. The molecule has 2 amide bonds. The average molecular weight is 392 g/mol. The molecule has 4 heterocycles. The second-order valence-electron chi connectivity index (χ2n) is 7.22. The number of fused-ring (bicyclic) bond motifs is 1. The molecule has 10 nitrogen and oxygen atoms in total. The summed E-state index contributed by atoms with van der Waals surface area (Å²) in [6.45, 7) is 4.32. The van der Waals surface area contributed by atoms with Crippen LogP contribution >= 0.6 is 0 Å². The number of carbonyl (C=O) groups is 2. The summed E-state index contributed by atoms with van der Waals surface area (Å²) in [6.07, 6.45) is 5.01. The molecule has 0 radical (unpaired) electrons. The van der Waals surface area contributed by atoms with Crippen LogP contribution in [-0.4, -0.2) is 60.6 Å². The van der Waals surface area contributed by atoms with E-state index < -0.39 is 11.9 Å². The van der Waals surface area contributed by atoms with Gasteiger partial charge in [0.1, 0.15) is 11.6 Å². The van der Waals surface area contributed by atoms with E-state index >= 15 is 0 Å². The molecule has 4 rings (SSSR count). The van der Waals surface area contributed by atoms with Crippen molar-refractivity contribution >= 4 is 23.0 Å². The molecule has 1 atom stereocenters. The zero-order valence-electron chi connectivity index (χ0n) is 16.3. The van der Waals surface area contributed by atoms with Crippen molar-refractivity contribution in [3.8, 4) is 17.3 Å². The van der Waals surface area contributed by atoms with Crippen LogP contribution in [0.15, 0.2) is 18.6 Å². The summed E-state index contributed by atoms with van der Waals surface area (Å²) in [7, 11) is 1.83. The predicted molar refractivity (Wildman–Crippen MR) is 103 cm³/mol. The number of aryl methyl sites for hydroxylation is 2. The van der Waals surface area contributed by atoms with Gasteiger partial charge >= 0.3 is 0 Å². The highest BCUT2D eigenvalue weighted by Crippen LogP contribution is 2.23. The third kappa shape index (κ3) is 3.31. The number of rotatable bonds is 4. The van der Waals surface area contributed by atoms with Gasteiger partial charge < -0.3 is 15.2 Å². The van der Waals surface area contributed by atoms with E-state index in [0.29, 0.717) is 35.5 Å². The Labute approximate surface area is 166 Å². The van der Waals surface area contributed by atoms with Crippen LogP contribution in [0.25, 0.3) is 22.4 Å². The number of nitriles is 1. The second kappa shape index (κ2) is 7.01. The standard InChI is InChI=1S/C19H20N8O2/c1-10-14(9-26(3)25-10)15-6-22-17-16(24-15)13(5-21-17)18(28)23-11(2)19(29)27-7-12(4-20)8-27/h5-6,9,11-12H,7-8H2,1-3H3,(H,21,22)(H,23,28). The molecule has 3 aromatic rings. The summed E-state index contributed by atoms with van der Waals surface area (Å²) in [6, 6.07) is 1.42. The molecule has 0 bridgehead atoms. The van der Waals surface area contributed by atoms with Gasteiger partial charge in [-0.15, -0.1) is 0 Å². The molecule has 0 spiro atoms. The molecule has 148 valence electrons. The van der Waals surface area contributed by atoms with Gasteiger partial charge in [-0.3, -0.25) is 14.3 Å². The monoisotopic (exact) mass is 392 g/mol. The van der Waals surface area contributed by atoms with Gasteiger partial charge in [-0.05, 0) is 13.8 Å². The number of aromatic amines is 1. The van der Waals surface area contributed by atoms with Crippen LogP contribution in [-0.2, 0) is 11.8 Å². The first-order chi connectivity index (χ1) is 13.9. The van der Waals surface area contributed by atoms with E-state index in [1.165, 1.54) is 6.20 Å². The van der Waals surface area contributed by atoms with Gasteiger partial charge in [0.05, 0.1) is 35.1 Å². The number of nitrogens with zero attached hydrogens (tertiary/aromatic N) is 6. The molecule has 1 saturated heterocycles. The maximum Gasteiger partial charge on any atom is 0.255 e. The molecule has 29 heavy (non-hydrogen) atoms. The largest absolute Gasteiger partial charge is 0.344 e. The predicted octanol–water partition coefficient (Wildman–Crippen LogP) is 0.767. The van der Waals surface area contributed by atoms with E-state index in [1.807, 2.05) is 20.2 Å². The maximum atomic E-state index is 12.8. The Kier molecular flexibility index (Phi) is 4.50. The topological polar surface area (TPSA) is 133 Å². The third-order valence-electron chi connectivity index (χ3n) is 5.01. The maximum absolute atomic E-state index is 12.8. The third-order valence-corrected chi connectivity index (χ3v) is 5.01. The molecule has 0 saturated carbocycles. The number of H-pyrrole nitrogens is 1. The number of hydrogen-bond donors (Lipinski definition) is 2. The molecule has 2 N–H and O–H groups in total. The Balaban J connectivity index is 1.55. The minimum absolute atomic E-state index is 0.125. The van der Waals surface area contributed by atoms with Crippen LogP contribution in [0, 0.1) is 24.2 Å². The normalized spacial score (nSPS) is 15.0. The Hall–Kier alpha value is -3.74. The minimum atomic E-state index is -0.705. The second-order valence-corrected chi connectivity index (χ2v) is 7.22. The molecule has 1 unspecified atom stereocenters. The Bertz CT molecular complexity index is 1150. The molecule has 10 heteroatoms. The summed E-state index contributed by atoms with van der Waals surface area (Å²) in [5.41, 5.74) is 3.49. The SMILES string of the molecule is Cc1nn(C)cc1-c1cnc2[nH]cc(C(=O)NC(C)C(=O)N3CC(C#N)C3)c2n1. The van der Waals surface area contributed by atoms with Gasteiger partial charge in [0.25, 0.3) is 5.91 Å². The van der Waals surface area contributed by atoms with Crippen LogP contribution in [0.2, 0.25) is 0 Å². The van der Waals surface area contributed by atoms with E-state index in [2.05, 4.69) is 31.4 Å². The highest BCUT2D eigenvalue weighted by Gasteiger charge is 2.33. The zero-order valence-corrected chi connectivity index (χ0v) is 16.3. The van der Waals surface area contributed by atoms with Crippen LogP contribution in [0.5, 0.6) is 0 Å². The number of carbonyl (C=O) groups excluding carboxylic acids is 2. The summed E-state index contributed by atoms with van der Waals surface area (Å²) >= 11 is 0. The van der Waals surface area contributed by atoms with Crippen molar-refractivity contribution in [1.29, 1.82) is 5.26 Å². The van der Waals surface area contributed by atoms with Gasteiger partial charge in [-0.25, -0.2) is 9.97 Å². The van der Waals surface area contributed by atoms with Crippen molar-refractivity contribution in [3.63, 3.8) is 0 Å². The summed E-state index contributed by atoms with van der Waals surface area (Å²) in [5.74, 6) is -0.744. The fraction of sp³-hybridized carbons (Fsp3) is 0.368. The van der Waals surface area contributed by atoms with Gasteiger partial charge in [0.15, 0.2) is 5.65 Å². The van der Waals surface area contributed by atoms with Crippen molar-refractivity contribution < 1.29 is 9.59 Å². The minimum Gasteiger partial charge on any atom is -0.344 e. The molecule has 0 aromatic carbocycles. The highest BCUT2D eigenvalue weighted by molar-refractivity contribution is 6.06. The highest BCUT2D eigenvalue weighted by atomic mass is 16.2. The van der Waals surface area contributed by atoms with Gasteiger partial charge in [0, 0.05) is 38.1 Å². The van der Waals surface area contributed by atoms with Gasteiger partial charge in [-0.1, -0.05) is 0 Å². The smallest absolute Gasteiger partial charge is 0.255 e. The Morgan fingerprint density at radius 2 is 2.17 bits per heavy atom. The van der Waals surface area contributed by atoms with E-state index in [9.17, 15) is 9.59 Å². The van der Waals surface area contributed by atoms with Crippen molar-refractivity contribution in [1.82, 2.24) is 34.9 Å². The lowest BCUT2D eigenvalue weighted by molar-refractivity contribution is -0.137. The van der Waals surface area contributed by atoms with E-state index in [0.717, 1.165) is 11.3 Å². The molecule has 1 aliphatic rings. The van der Waals surface area contributed by atoms with Crippen molar-refractivity contribution in [3.05, 3.63) is 29.8 Å². The molecular weight excluding hydrogens is 372 g/mol. The lowest BCUT2D eigenvalue weighted by Crippen LogP contribution is -2.55. The molecular formula is C19H20N8O2. The lowest BCUT2D eigenvalue weighted by Gasteiger charge is -2.37. The number of likely N-dealkylation sites (tertiary alicyclic amines) is 1. The molecule has 0 aliphatic carbocycles. The first-order valence-corrected chi connectivity index (χ1v) is 9.21. The van der Waals surface area contributed by atoms with Crippen LogP contribution in [0.3, 0.4) is 0 Å². The van der Waals surface area contributed by atoms with Crippen molar-refractivity contribution in [2.75, 3.05) is 13.1 Å². The van der Waals surface area contributed by atoms with Crippen molar-refractivity contribution in [2.24, 2.45) is 13.0 Å². The Morgan fingerprint density at radius 1 is 1.41 bits per heavy atom. The summed E-state index contributed by atoms with van der Waals surface area (Å²) in [5, 5.41) is 15.9.